The molecule has 1 aromatic heterocycles. The molecule has 0 aliphatic carbocycles. The summed E-state index contributed by atoms with van der Waals surface area (Å²) in [7, 11) is 2.08. The Labute approximate surface area is 135 Å². The highest BCUT2D eigenvalue weighted by Crippen LogP contribution is 2.28. The van der Waals surface area contributed by atoms with Crippen molar-refractivity contribution in [2.24, 2.45) is 7.05 Å². The molecule has 122 valence electrons. The first-order valence-corrected chi connectivity index (χ1v) is 8.19. The number of hydrogen-bond donors (Lipinski definition) is 1. The van der Waals surface area contributed by atoms with E-state index in [9.17, 15) is 4.79 Å². The third-order valence-electron chi connectivity index (χ3n) is 5.13. The maximum Gasteiger partial charge on any atom is 0.246 e. The van der Waals surface area contributed by atoms with Crippen LogP contribution in [-0.4, -0.2) is 52.2 Å². The summed E-state index contributed by atoms with van der Waals surface area (Å²) in [5, 5.41) is 2.94. The molecule has 0 bridgehead atoms. The Hall–Kier alpha value is -1.92. The first-order valence-electron chi connectivity index (χ1n) is 8.19. The van der Waals surface area contributed by atoms with Gasteiger partial charge in [0.1, 0.15) is 12.4 Å². The minimum absolute atomic E-state index is 0.00208. The number of ether oxygens (including phenoxy) is 1. The molecule has 6 heteroatoms. The molecule has 1 N–H and O–H groups in total. The second kappa shape index (κ2) is 5.62. The fourth-order valence-electron chi connectivity index (χ4n) is 3.56. The van der Waals surface area contributed by atoms with Crippen LogP contribution in [0.25, 0.3) is 11.0 Å². The van der Waals surface area contributed by atoms with E-state index in [2.05, 4.69) is 34.0 Å². The largest absolute Gasteiger partial charge is 0.363 e. The minimum Gasteiger partial charge on any atom is -0.363 e. The highest BCUT2D eigenvalue weighted by atomic mass is 16.5. The Kier molecular flexibility index (Phi) is 3.58. The summed E-state index contributed by atoms with van der Waals surface area (Å²) in [6.45, 7) is 3.64. The Morgan fingerprint density at radius 3 is 2.78 bits per heavy atom. The van der Waals surface area contributed by atoms with Gasteiger partial charge in [0, 0.05) is 26.7 Å². The van der Waals surface area contributed by atoms with Crippen molar-refractivity contribution in [1.29, 1.82) is 0 Å². The summed E-state index contributed by atoms with van der Waals surface area (Å²) in [5.41, 5.74) is 2.07. The normalized spacial score (nSPS) is 21.7. The Morgan fingerprint density at radius 2 is 2.09 bits per heavy atom. The van der Waals surface area contributed by atoms with Crippen molar-refractivity contribution in [1.82, 2.24) is 19.8 Å². The number of rotatable bonds is 2. The smallest absolute Gasteiger partial charge is 0.246 e. The van der Waals surface area contributed by atoms with E-state index in [4.69, 9.17) is 9.72 Å². The number of imidazole rings is 1. The summed E-state index contributed by atoms with van der Waals surface area (Å²) in [4.78, 5) is 18.4. The third-order valence-corrected chi connectivity index (χ3v) is 5.13. The van der Waals surface area contributed by atoms with Gasteiger partial charge in [-0.3, -0.25) is 9.69 Å². The van der Waals surface area contributed by atoms with Crippen molar-refractivity contribution in [3.63, 3.8) is 0 Å². The summed E-state index contributed by atoms with van der Waals surface area (Å²) in [6.07, 6.45) is 1.91. The van der Waals surface area contributed by atoms with E-state index in [1.807, 2.05) is 12.1 Å². The second-order valence-electron chi connectivity index (χ2n) is 6.60. The number of carbonyl (C=O) groups is 1. The number of hydrogen-bond acceptors (Lipinski definition) is 4. The zero-order valence-electron chi connectivity index (χ0n) is 13.4. The van der Waals surface area contributed by atoms with Crippen LogP contribution in [-0.2, 0) is 23.1 Å². The Bertz CT molecular complexity index is 719. The number of aromatic nitrogens is 2. The molecule has 2 saturated heterocycles. The molecule has 0 atom stereocenters. The van der Waals surface area contributed by atoms with E-state index < -0.39 is 0 Å². The van der Waals surface area contributed by atoms with Gasteiger partial charge in [0.15, 0.2) is 0 Å². The van der Waals surface area contributed by atoms with Crippen LogP contribution < -0.4 is 5.32 Å². The van der Waals surface area contributed by atoms with E-state index in [0.717, 1.165) is 43.8 Å². The third kappa shape index (κ3) is 2.72. The first-order chi connectivity index (χ1) is 11.2. The van der Waals surface area contributed by atoms with Gasteiger partial charge in [-0.2, -0.15) is 0 Å². The average molecular weight is 314 g/mol. The van der Waals surface area contributed by atoms with Gasteiger partial charge in [-0.15, -0.1) is 0 Å². The van der Waals surface area contributed by atoms with E-state index in [0.29, 0.717) is 6.54 Å². The molecule has 2 aliphatic rings. The lowest BCUT2D eigenvalue weighted by molar-refractivity contribution is -0.150. The molecular weight excluding hydrogens is 292 g/mol. The van der Waals surface area contributed by atoms with E-state index in [1.54, 1.807) is 0 Å². The number of amides is 1. The van der Waals surface area contributed by atoms with Crippen LogP contribution in [0.1, 0.15) is 18.7 Å². The molecule has 0 radical (unpaired) electrons. The van der Waals surface area contributed by atoms with Crippen LogP contribution in [0, 0.1) is 0 Å². The number of nitrogens with zero attached hydrogens (tertiary/aromatic N) is 3. The Morgan fingerprint density at radius 1 is 1.30 bits per heavy atom. The highest BCUT2D eigenvalue weighted by Gasteiger charge is 2.39. The van der Waals surface area contributed by atoms with E-state index in [1.165, 1.54) is 5.52 Å². The van der Waals surface area contributed by atoms with Crippen LogP contribution in [0.4, 0.5) is 0 Å². The number of likely N-dealkylation sites (tertiary alicyclic amines) is 1. The fourth-order valence-corrected chi connectivity index (χ4v) is 3.56. The van der Waals surface area contributed by atoms with E-state index >= 15 is 0 Å². The predicted molar refractivity (Wildman–Crippen MR) is 86.9 cm³/mol. The van der Waals surface area contributed by atoms with E-state index in [-0.39, 0.29) is 18.1 Å². The van der Waals surface area contributed by atoms with Gasteiger partial charge < -0.3 is 14.6 Å². The number of aryl methyl sites for hydroxylation is 1. The van der Waals surface area contributed by atoms with Gasteiger partial charge in [-0.05, 0) is 25.0 Å². The summed E-state index contributed by atoms with van der Waals surface area (Å²) < 4.78 is 8.01. The molecule has 0 saturated carbocycles. The maximum absolute atomic E-state index is 11.3. The van der Waals surface area contributed by atoms with Gasteiger partial charge in [0.2, 0.25) is 5.91 Å². The van der Waals surface area contributed by atoms with Gasteiger partial charge in [0.25, 0.3) is 0 Å². The van der Waals surface area contributed by atoms with Crippen LogP contribution >= 0.6 is 0 Å². The van der Waals surface area contributed by atoms with Gasteiger partial charge >= 0.3 is 0 Å². The predicted octanol–water partition coefficient (Wildman–Crippen LogP) is 1.05. The van der Waals surface area contributed by atoms with Crippen molar-refractivity contribution >= 4 is 16.9 Å². The van der Waals surface area contributed by atoms with Crippen LogP contribution in [0.5, 0.6) is 0 Å². The first kappa shape index (κ1) is 14.7. The number of para-hydroxylation sites is 2. The summed E-state index contributed by atoms with van der Waals surface area (Å²) in [5.74, 6) is 1.10. The molecule has 6 nitrogen and oxygen atoms in total. The molecule has 1 spiro atoms. The molecule has 1 amide bonds. The van der Waals surface area contributed by atoms with Crippen molar-refractivity contribution in [3.8, 4) is 0 Å². The molecule has 23 heavy (non-hydrogen) atoms. The zero-order chi connectivity index (χ0) is 15.9. The average Bonchev–Trinajstić information content (AvgIpc) is 2.89. The standard InChI is InChI=1S/C17H22N4O2/c1-20-14-5-3-2-4-13(14)19-15(20)10-21-8-6-17(7-9-21)12-18-16(22)11-23-17/h2-5H,6-12H2,1H3,(H,18,22). The minimum atomic E-state index is -0.156. The molecule has 2 fully saturated rings. The number of nitrogens with one attached hydrogen (secondary N) is 1. The highest BCUT2D eigenvalue weighted by molar-refractivity contribution is 5.78. The molecule has 1 aromatic carbocycles. The van der Waals surface area contributed by atoms with Crippen molar-refractivity contribution in [2.75, 3.05) is 26.2 Å². The molecule has 2 aliphatic heterocycles. The maximum atomic E-state index is 11.3. The second-order valence-corrected chi connectivity index (χ2v) is 6.60. The molecular formula is C17H22N4O2. The summed E-state index contributed by atoms with van der Waals surface area (Å²) in [6, 6.07) is 8.24. The SMILES string of the molecule is Cn1c(CN2CCC3(CC2)CNC(=O)CO3)nc2ccccc21. The van der Waals surface area contributed by atoms with Crippen molar-refractivity contribution in [2.45, 2.75) is 25.0 Å². The fraction of sp³-hybridized carbons (Fsp3) is 0.529. The lowest BCUT2D eigenvalue weighted by Gasteiger charge is -2.43. The summed E-state index contributed by atoms with van der Waals surface area (Å²) >= 11 is 0. The van der Waals surface area contributed by atoms with Crippen LogP contribution in [0.3, 0.4) is 0 Å². The monoisotopic (exact) mass is 314 g/mol. The lowest BCUT2D eigenvalue weighted by Crippen LogP contribution is -2.57. The van der Waals surface area contributed by atoms with Crippen LogP contribution in [0.2, 0.25) is 0 Å². The molecule has 3 heterocycles. The topological polar surface area (TPSA) is 59.4 Å². The number of morpholine rings is 1. The van der Waals surface area contributed by atoms with Crippen molar-refractivity contribution < 1.29 is 9.53 Å². The molecule has 2 aromatic rings. The number of benzene rings is 1. The molecule has 0 unspecified atom stereocenters. The molecule has 4 rings (SSSR count). The number of piperidine rings is 1. The lowest BCUT2D eigenvalue weighted by atomic mass is 9.90. The van der Waals surface area contributed by atoms with Gasteiger partial charge in [-0.25, -0.2) is 4.98 Å². The van der Waals surface area contributed by atoms with Crippen molar-refractivity contribution in [3.05, 3.63) is 30.1 Å². The zero-order valence-corrected chi connectivity index (χ0v) is 13.4. The van der Waals surface area contributed by atoms with Gasteiger partial charge in [0.05, 0.1) is 23.2 Å². The quantitative estimate of drug-likeness (QED) is 0.900. The Balaban J connectivity index is 1.42. The number of carbonyl (C=O) groups excluding carboxylic acids is 1. The van der Waals surface area contributed by atoms with Gasteiger partial charge in [-0.1, -0.05) is 12.1 Å². The number of fused-ring (bicyclic) bond motifs is 1. The van der Waals surface area contributed by atoms with Crippen LogP contribution in [0.15, 0.2) is 24.3 Å².